The molecule has 0 saturated carbocycles. The number of aromatic hydroxyl groups is 1. The molecule has 7 unspecified atom stereocenters. The number of phenols is 1. The van der Waals surface area contributed by atoms with Crippen molar-refractivity contribution in [1.29, 1.82) is 0 Å². The van der Waals surface area contributed by atoms with Crippen molar-refractivity contribution in [3.8, 4) is 5.75 Å². The molecule has 1 aliphatic rings. The summed E-state index contributed by atoms with van der Waals surface area (Å²) < 4.78 is 11.9. The molecule has 0 saturated heterocycles. The molecule has 48 heavy (non-hydrogen) atoms. The van der Waals surface area contributed by atoms with Crippen molar-refractivity contribution >= 4 is 50.5 Å². The van der Waals surface area contributed by atoms with Gasteiger partial charge in [-0.3, -0.25) is 14.4 Å². The Kier molecular flexibility index (Phi) is 12.1. The monoisotopic (exact) mass is 724 g/mol. The first kappa shape index (κ1) is 36.7. The number of phenolic OH excluding ortho intramolecular Hbond substituents is 1. The van der Waals surface area contributed by atoms with Gasteiger partial charge >= 0.3 is 5.97 Å². The topological polar surface area (TPSA) is 150 Å². The fourth-order valence-electron chi connectivity index (χ4n) is 6.04. The Morgan fingerprint density at radius 1 is 1.02 bits per heavy atom. The van der Waals surface area contributed by atoms with Crippen LogP contribution in [0.25, 0.3) is 10.9 Å². The normalized spacial score (nSPS) is 27.0. The van der Waals surface area contributed by atoms with Gasteiger partial charge in [-0.1, -0.05) is 49.8 Å². The van der Waals surface area contributed by atoms with Gasteiger partial charge in [0.05, 0.1) is 10.5 Å². The van der Waals surface area contributed by atoms with Crippen LogP contribution in [-0.4, -0.2) is 77.1 Å². The van der Waals surface area contributed by atoms with E-state index in [9.17, 15) is 24.3 Å². The lowest BCUT2D eigenvalue weighted by molar-refractivity contribution is -0.164. The highest BCUT2D eigenvalue weighted by molar-refractivity contribution is 9.10. The van der Waals surface area contributed by atoms with Gasteiger partial charge in [0, 0.05) is 49.5 Å². The summed E-state index contributed by atoms with van der Waals surface area (Å²) in [6, 6.07) is 9.20. The molecule has 258 valence electrons. The summed E-state index contributed by atoms with van der Waals surface area (Å²) in [6.07, 6.45) is 2.49. The number of amides is 3. The zero-order valence-corrected chi connectivity index (χ0v) is 30.0. The molecule has 0 bridgehead atoms. The molecule has 1 aliphatic heterocycles. The van der Waals surface area contributed by atoms with Crippen molar-refractivity contribution in [2.45, 2.75) is 77.8 Å². The van der Waals surface area contributed by atoms with Crippen LogP contribution in [0.5, 0.6) is 5.75 Å². The van der Waals surface area contributed by atoms with Gasteiger partial charge < -0.3 is 35.1 Å². The number of esters is 1. The van der Waals surface area contributed by atoms with E-state index < -0.39 is 54.0 Å². The van der Waals surface area contributed by atoms with Crippen LogP contribution in [0, 0.1) is 11.8 Å². The number of nitrogens with one attached hydrogen (secondary N) is 3. The fourth-order valence-corrected chi connectivity index (χ4v) is 6.44. The molecular formula is C36H45BrN4O7. The van der Waals surface area contributed by atoms with E-state index in [4.69, 9.17) is 9.47 Å². The minimum Gasteiger partial charge on any atom is -0.507 e. The Labute approximate surface area is 289 Å². The summed E-state index contributed by atoms with van der Waals surface area (Å²) in [5, 5.41) is 16.9. The van der Waals surface area contributed by atoms with Crippen LogP contribution in [0.4, 0.5) is 0 Å². The van der Waals surface area contributed by atoms with Crippen molar-refractivity contribution in [2.24, 2.45) is 11.8 Å². The largest absolute Gasteiger partial charge is 0.507 e. The number of likely N-dealkylation sites (N-methyl/N-ethyl adjacent to an activating group) is 1. The molecule has 7 atom stereocenters. The van der Waals surface area contributed by atoms with E-state index in [-0.39, 0.29) is 24.0 Å². The molecule has 11 nitrogen and oxygen atoms in total. The van der Waals surface area contributed by atoms with Gasteiger partial charge in [-0.05, 0) is 72.4 Å². The van der Waals surface area contributed by atoms with Crippen LogP contribution in [0.2, 0.25) is 0 Å². The predicted molar refractivity (Wildman–Crippen MR) is 186 cm³/mol. The maximum Gasteiger partial charge on any atom is 0.338 e. The second-order valence-electron chi connectivity index (χ2n) is 12.7. The number of benzene rings is 2. The molecule has 2 aromatic carbocycles. The minimum absolute atomic E-state index is 0.0284. The van der Waals surface area contributed by atoms with Gasteiger partial charge in [0.1, 0.15) is 23.9 Å². The zero-order chi connectivity index (χ0) is 35.3. The second-order valence-corrected chi connectivity index (χ2v) is 13.6. The van der Waals surface area contributed by atoms with Crippen LogP contribution in [-0.2, 0) is 35.1 Å². The van der Waals surface area contributed by atoms with Crippen molar-refractivity contribution < 1.29 is 33.8 Å². The molecule has 0 spiro atoms. The minimum atomic E-state index is -1.28. The Morgan fingerprint density at radius 2 is 1.73 bits per heavy atom. The third kappa shape index (κ3) is 8.46. The molecule has 0 radical (unpaired) electrons. The maximum atomic E-state index is 14.4. The number of aromatic amines is 1. The molecular weight excluding hydrogens is 680 g/mol. The molecule has 3 amide bonds. The summed E-state index contributed by atoms with van der Waals surface area (Å²) in [7, 11) is 2.88. The van der Waals surface area contributed by atoms with E-state index in [1.807, 2.05) is 44.2 Å². The summed E-state index contributed by atoms with van der Waals surface area (Å²) >= 11 is 3.33. The number of methoxy groups -OCH3 is 1. The van der Waals surface area contributed by atoms with Crippen LogP contribution in [0.15, 0.2) is 64.8 Å². The van der Waals surface area contributed by atoms with E-state index in [1.165, 1.54) is 25.1 Å². The Hall–Kier alpha value is -4.16. The number of cyclic esters (lactones) is 1. The number of rotatable bonds is 4. The van der Waals surface area contributed by atoms with Crippen LogP contribution >= 0.6 is 15.9 Å². The highest BCUT2D eigenvalue weighted by Crippen LogP contribution is 2.31. The molecule has 0 fully saturated rings. The Balaban J connectivity index is 1.82. The number of carbonyl (C=O) groups excluding carboxylic acids is 4. The van der Waals surface area contributed by atoms with E-state index in [1.54, 1.807) is 39.1 Å². The summed E-state index contributed by atoms with van der Waals surface area (Å²) in [4.78, 5) is 59.8. The maximum absolute atomic E-state index is 14.4. The number of ether oxygens (including phenoxy) is 2. The van der Waals surface area contributed by atoms with Gasteiger partial charge in [-0.2, -0.15) is 0 Å². The number of hydrogen-bond acceptors (Lipinski definition) is 7. The number of allylic oxidation sites excluding steroid dienone is 1. The van der Waals surface area contributed by atoms with Crippen molar-refractivity contribution in [3.05, 3.63) is 75.9 Å². The third-order valence-corrected chi connectivity index (χ3v) is 9.65. The zero-order valence-electron chi connectivity index (χ0n) is 28.4. The lowest BCUT2D eigenvalue weighted by Gasteiger charge is -2.33. The first-order valence-corrected chi connectivity index (χ1v) is 16.8. The van der Waals surface area contributed by atoms with Gasteiger partial charge in [0.2, 0.25) is 17.7 Å². The number of H-pyrrole nitrogens is 1. The number of halogens is 1. The van der Waals surface area contributed by atoms with Crippen LogP contribution in [0.3, 0.4) is 0 Å². The van der Waals surface area contributed by atoms with Crippen molar-refractivity contribution in [3.63, 3.8) is 0 Å². The summed E-state index contributed by atoms with van der Waals surface area (Å²) in [6.45, 7) is 8.99. The molecule has 1 aromatic heterocycles. The van der Waals surface area contributed by atoms with Gasteiger partial charge in [-0.15, -0.1) is 0 Å². The Morgan fingerprint density at radius 3 is 2.42 bits per heavy atom. The number of hydrogen-bond donors (Lipinski definition) is 4. The number of para-hydroxylation sites is 1. The Bertz CT molecular complexity index is 1690. The summed E-state index contributed by atoms with van der Waals surface area (Å²) in [5.74, 6) is -2.67. The van der Waals surface area contributed by atoms with Gasteiger partial charge in [0.15, 0.2) is 6.10 Å². The van der Waals surface area contributed by atoms with Crippen LogP contribution in [0.1, 0.15) is 58.2 Å². The standard InChI is InChI=1S/C36H45BrN4O7/c1-19-14-20(2)23(5)48-36(46)32(47-7)31(24-12-13-30(42)27(37)16-24)40-34(44)29(17-25-18-38-28-11-9-8-10-26(25)28)41(6)35(45)22(4)39-33(43)21(3)15-19/h8-14,16,18,20-23,29,31-32,38,42H,15,17H2,1-7H3,(H,39,43)(H,40,44). The SMILES string of the molecule is COC1C(=O)OC(C)C(C)C=C(C)CC(C)C(=O)NC(C)C(=O)N(C)C(Cc2c[nH]c3ccccc23)C(=O)NC1c1ccc(O)c(Br)c1. The lowest BCUT2D eigenvalue weighted by atomic mass is 9.95. The fraction of sp³-hybridized carbons (Fsp3) is 0.444. The van der Waals surface area contributed by atoms with E-state index in [2.05, 4.69) is 31.5 Å². The number of fused-ring (bicyclic) bond motifs is 1. The van der Waals surface area contributed by atoms with Crippen LogP contribution < -0.4 is 10.6 Å². The highest BCUT2D eigenvalue weighted by atomic mass is 79.9. The van der Waals surface area contributed by atoms with Gasteiger partial charge in [0.25, 0.3) is 0 Å². The molecule has 3 aromatic rings. The quantitative estimate of drug-likeness (QED) is 0.220. The number of carbonyl (C=O) groups is 4. The highest BCUT2D eigenvalue weighted by Gasteiger charge is 2.38. The molecule has 2 heterocycles. The van der Waals surface area contributed by atoms with Gasteiger partial charge in [-0.25, -0.2) is 4.79 Å². The predicted octanol–water partition coefficient (Wildman–Crippen LogP) is 4.94. The van der Waals surface area contributed by atoms with Crippen molar-refractivity contribution in [2.75, 3.05) is 14.2 Å². The smallest absolute Gasteiger partial charge is 0.338 e. The number of nitrogens with zero attached hydrogens (tertiary/aromatic N) is 1. The first-order chi connectivity index (χ1) is 22.7. The van der Waals surface area contributed by atoms with E-state index >= 15 is 0 Å². The molecule has 4 N–H and O–H groups in total. The third-order valence-electron chi connectivity index (χ3n) is 9.02. The average molecular weight is 726 g/mol. The summed E-state index contributed by atoms with van der Waals surface area (Å²) in [5.41, 5.74) is 3.07. The van der Waals surface area contributed by atoms with E-state index in [0.29, 0.717) is 16.5 Å². The lowest BCUT2D eigenvalue weighted by Crippen LogP contribution is -2.56. The molecule has 4 rings (SSSR count). The van der Waals surface area contributed by atoms with E-state index in [0.717, 1.165) is 22.0 Å². The molecule has 12 heteroatoms. The number of aromatic nitrogens is 1. The van der Waals surface area contributed by atoms with Crippen molar-refractivity contribution in [1.82, 2.24) is 20.5 Å². The molecule has 0 aliphatic carbocycles. The first-order valence-electron chi connectivity index (χ1n) is 16.0. The second kappa shape index (κ2) is 15.8. The average Bonchev–Trinajstić information content (AvgIpc) is 3.46.